The zero-order valence-electron chi connectivity index (χ0n) is 13.2. The van der Waals surface area contributed by atoms with Gasteiger partial charge in [-0.25, -0.2) is 4.39 Å². The molecule has 1 fully saturated rings. The molecule has 0 bridgehead atoms. The molecule has 1 aliphatic carbocycles. The second kappa shape index (κ2) is 6.76. The smallest absolute Gasteiger partial charge is 0.123 e. The van der Waals surface area contributed by atoms with Crippen LogP contribution in [0.4, 0.5) is 4.39 Å². The van der Waals surface area contributed by atoms with Crippen LogP contribution in [0.5, 0.6) is 0 Å². The molecule has 118 valence electrons. The Morgan fingerprint density at radius 2 is 2.00 bits per heavy atom. The zero-order valence-corrected chi connectivity index (χ0v) is 14.8. The van der Waals surface area contributed by atoms with Crippen LogP contribution in [0.3, 0.4) is 0 Å². The standard InChI is InChI=1S/C17H26BrFN2/c1-17(2)8-6-13(7-9-17)21(3)16(11-20)14-10-12(19)4-5-15(14)18/h4-5,10,13,16H,6-9,11,20H2,1-3H3. The lowest BCUT2D eigenvalue weighted by molar-refractivity contribution is 0.0963. The third kappa shape index (κ3) is 4.05. The summed E-state index contributed by atoms with van der Waals surface area (Å²) in [7, 11) is 2.12. The molecule has 1 aromatic carbocycles. The quantitative estimate of drug-likeness (QED) is 0.860. The van der Waals surface area contributed by atoms with Crippen molar-refractivity contribution in [1.29, 1.82) is 0 Å². The van der Waals surface area contributed by atoms with Gasteiger partial charge < -0.3 is 5.73 Å². The molecule has 0 aliphatic heterocycles. The monoisotopic (exact) mass is 356 g/mol. The van der Waals surface area contributed by atoms with Gasteiger partial charge in [-0.15, -0.1) is 0 Å². The first-order valence-electron chi connectivity index (χ1n) is 7.71. The minimum absolute atomic E-state index is 0.0567. The molecule has 0 amide bonds. The molecule has 1 saturated carbocycles. The largest absolute Gasteiger partial charge is 0.329 e. The van der Waals surface area contributed by atoms with Crippen molar-refractivity contribution in [3.8, 4) is 0 Å². The molecular formula is C17H26BrFN2. The summed E-state index contributed by atoms with van der Waals surface area (Å²) in [6, 6.07) is 5.43. The summed E-state index contributed by atoms with van der Waals surface area (Å²) in [6.45, 7) is 5.18. The number of rotatable bonds is 4. The molecule has 1 unspecified atom stereocenters. The number of hydrogen-bond acceptors (Lipinski definition) is 2. The Morgan fingerprint density at radius 1 is 1.38 bits per heavy atom. The predicted molar refractivity (Wildman–Crippen MR) is 89.7 cm³/mol. The number of halogens is 2. The van der Waals surface area contributed by atoms with Crippen molar-refractivity contribution in [2.24, 2.45) is 11.1 Å². The number of nitrogens with two attached hydrogens (primary N) is 1. The van der Waals surface area contributed by atoms with Gasteiger partial charge in [0.2, 0.25) is 0 Å². The van der Waals surface area contributed by atoms with Gasteiger partial charge in [-0.05, 0) is 61.9 Å². The van der Waals surface area contributed by atoms with Crippen molar-refractivity contribution in [3.63, 3.8) is 0 Å². The molecule has 21 heavy (non-hydrogen) atoms. The number of benzene rings is 1. The lowest BCUT2D eigenvalue weighted by atomic mass is 9.75. The normalized spacial score (nSPS) is 20.7. The lowest BCUT2D eigenvalue weighted by Gasteiger charge is -2.41. The highest BCUT2D eigenvalue weighted by Crippen LogP contribution is 2.39. The van der Waals surface area contributed by atoms with Gasteiger partial charge in [0.05, 0.1) is 0 Å². The lowest BCUT2D eigenvalue weighted by Crippen LogP contribution is -2.42. The molecule has 1 aliphatic rings. The molecule has 1 atom stereocenters. The van der Waals surface area contributed by atoms with Crippen LogP contribution in [-0.4, -0.2) is 24.5 Å². The Balaban J connectivity index is 2.15. The average Bonchev–Trinajstić information content (AvgIpc) is 2.43. The first-order chi connectivity index (χ1) is 9.84. The minimum Gasteiger partial charge on any atom is -0.329 e. The average molecular weight is 357 g/mol. The summed E-state index contributed by atoms with van der Waals surface area (Å²) in [5.41, 5.74) is 7.40. The van der Waals surface area contributed by atoms with Crippen molar-refractivity contribution < 1.29 is 4.39 Å². The van der Waals surface area contributed by atoms with Crippen LogP contribution in [0.1, 0.15) is 51.1 Å². The van der Waals surface area contributed by atoms with Gasteiger partial charge in [0.25, 0.3) is 0 Å². The van der Waals surface area contributed by atoms with E-state index in [9.17, 15) is 4.39 Å². The summed E-state index contributed by atoms with van der Waals surface area (Å²) in [6.07, 6.45) is 4.85. The van der Waals surface area contributed by atoms with E-state index in [1.54, 1.807) is 12.1 Å². The maximum Gasteiger partial charge on any atom is 0.123 e. The first kappa shape index (κ1) is 16.9. The van der Waals surface area contributed by atoms with Crippen molar-refractivity contribution >= 4 is 15.9 Å². The van der Waals surface area contributed by atoms with Gasteiger partial charge in [-0.1, -0.05) is 29.8 Å². The summed E-state index contributed by atoms with van der Waals surface area (Å²) in [4.78, 5) is 2.34. The van der Waals surface area contributed by atoms with Gasteiger partial charge in [0.1, 0.15) is 5.82 Å². The second-order valence-electron chi connectivity index (χ2n) is 6.98. The zero-order chi connectivity index (χ0) is 15.6. The molecule has 0 aromatic heterocycles. The molecule has 0 heterocycles. The Morgan fingerprint density at radius 3 is 2.57 bits per heavy atom. The maximum absolute atomic E-state index is 13.6. The summed E-state index contributed by atoms with van der Waals surface area (Å²) in [5.74, 6) is -0.204. The van der Waals surface area contributed by atoms with Gasteiger partial charge in [0.15, 0.2) is 0 Å². The fraction of sp³-hybridized carbons (Fsp3) is 0.647. The number of hydrogen-bond donors (Lipinski definition) is 1. The Kier molecular flexibility index (Phi) is 5.44. The van der Waals surface area contributed by atoms with Crippen molar-refractivity contribution in [1.82, 2.24) is 4.90 Å². The summed E-state index contributed by atoms with van der Waals surface area (Å²) >= 11 is 3.53. The SMILES string of the molecule is CN(C1CCC(C)(C)CC1)C(CN)c1cc(F)ccc1Br. The molecule has 2 N–H and O–H groups in total. The summed E-state index contributed by atoms with van der Waals surface area (Å²) < 4.78 is 14.5. The van der Waals surface area contributed by atoms with E-state index in [2.05, 4.69) is 41.7 Å². The molecule has 0 saturated heterocycles. The Labute approximate surface area is 136 Å². The minimum atomic E-state index is -0.204. The van der Waals surface area contributed by atoms with E-state index in [1.165, 1.54) is 31.7 Å². The topological polar surface area (TPSA) is 29.3 Å². The van der Waals surface area contributed by atoms with Crippen molar-refractivity contribution in [2.45, 2.75) is 51.6 Å². The van der Waals surface area contributed by atoms with E-state index in [1.807, 2.05) is 0 Å². The van der Waals surface area contributed by atoms with E-state index in [0.717, 1.165) is 10.0 Å². The van der Waals surface area contributed by atoms with Gasteiger partial charge in [0, 0.05) is 23.1 Å². The predicted octanol–water partition coefficient (Wildman–Crippen LogP) is 4.49. The van der Waals surface area contributed by atoms with Crippen molar-refractivity contribution in [3.05, 3.63) is 34.1 Å². The Hall–Kier alpha value is -0.450. The van der Waals surface area contributed by atoms with Gasteiger partial charge in [-0.3, -0.25) is 4.90 Å². The van der Waals surface area contributed by atoms with Crippen LogP contribution in [0, 0.1) is 11.2 Å². The van der Waals surface area contributed by atoms with Crippen LogP contribution in [0.15, 0.2) is 22.7 Å². The highest BCUT2D eigenvalue weighted by molar-refractivity contribution is 9.10. The maximum atomic E-state index is 13.6. The second-order valence-corrected chi connectivity index (χ2v) is 7.83. The van der Waals surface area contributed by atoms with E-state index in [-0.39, 0.29) is 11.9 Å². The third-order valence-corrected chi connectivity index (χ3v) is 5.64. The van der Waals surface area contributed by atoms with E-state index in [4.69, 9.17) is 5.73 Å². The van der Waals surface area contributed by atoms with Crippen LogP contribution in [0.25, 0.3) is 0 Å². The van der Waals surface area contributed by atoms with Gasteiger partial charge >= 0.3 is 0 Å². The van der Waals surface area contributed by atoms with Crippen molar-refractivity contribution in [2.75, 3.05) is 13.6 Å². The fourth-order valence-corrected chi connectivity index (χ4v) is 3.84. The molecule has 1 aromatic rings. The first-order valence-corrected chi connectivity index (χ1v) is 8.50. The van der Waals surface area contributed by atoms with Gasteiger partial charge in [-0.2, -0.15) is 0 Å². The Bertz CT molecular complexity index is 480. The molecule has 2 nitrogen and oxygen atoms in total. The van der Waals surface area contributed by atoms with Crippen LogP contribution in [0.2, 0.25) is 0 Å². The molecular weight excluding hydrogens is 331 g/mol. The van der Waals surface area contributed by atoms with E-state index >= 15 is 0 Å². The third-order valence-electron chi connectivity index (χ3n) is 4.92. The van der Waals surface area contributed by atoms with Crippen LogP contribution in [-0.2, 0) is 0 Å². The van der Waals surface area contributed by atoms with Crippen LogP contribution >= 0.6 is 15.9 Å². The molecule has 2 rings (SSSR count). The van der Waals surface area contributed by atoms with E-state index < -0.39 is 0 Å². The number of nitrogens with zero attached hydrogens (tertiary/aromatic N) is 1. The fourth-order valence-electron chi connectivity index (χ4n) is 3.33. The molecule has 0 radical (unpaired) electrons. The highest BCUT2D eigenvalue weighted by atomic mass is 79.9. The highest BCUT2D eigenvalue weighted by Gasteiger charge is 2.32. The summed E-state index contributed by atoms with van der Waals surface area (Å²) in [5, 5.41) is 0. The van der Waals surface area contributed by atoms with E-state index in [0.29, 0.717) is 18.0 Å². The molecule has 4 heteroatoms. The number of likely N-dealkylation sites (N-methyl/N-ethyl adjacent to an activating group) is 1. The molecule has 0 spiro atoms. The van der Waals surface area contributed by atoms with Crippen LogP contribution < -0.4 is 5.73 Å².